The van der Waals surface area contributed by atoms with Crippen LogP contribution in [0, 0.1) is 16.0 Å². The van der Waals surface area contributed by atoms with Gasteiger partial charge in [-0.2, -0.15) is 0 Å². The van der Waals surface area contributed by atoms with E-state index < -0.39 is 4.92 Å². The number of nitrogens with zero attached hydrogens (tertiary/aromatic N) is 1. The first-order valence-corrected chi connectivity index (χ1v) is 6.25. The average Bonchev–Trinajstić information content (AvgIpc) is 2.35. The van der Waals surface area contributed by atoms with Crippen LogP contribution in [-0.2, 0) is 0 Å². The van der Waals surface area contributed by atoms with Crippen LogP contribution < -0.4 is 5.32 Å². The van der Waals surface area contributed by atoms with Gasteiger partial charge in [0.1, 0.15) is 5.69 Å². The lowest BCUT2D eigenvalue weighted by atomic mass is 10.0. The maximum absolute atomic E-state index is 10.9. The zero-order chi connectivity index (χ0) is 13.5. The molecule has 0 saturated heterocycles. The van der Waals surface area contributed by atoms with Crippen LogP contribution in [-0.4, -0.2) is 23.2 Å². The summed E-state index contributed by atoms with van der Waals surface area (Å²) in [6.45, 7) is 2.69. The number of halogens is 1. The molecule has 1 aromatic carbocycles. The number of nitrogens with one attached hydrogen (secondary N) is 1. The fourth-order valence-electron chi connectivity index (χ4n) is 1.72. The fourth-order valence-corrected chi connectivity index (χ4v) is 1.96. The molecular formula is C12H17ClN2O3. The number of nitro groups is 1. The molecule has 100 valence electrons. The molecule has 18 heavy (non-hydrogen) atoms. The molecule has 1 rings (SSSR count). The van der Waals surface area contributed by atoms with E-state index in [9.17, 15) is 10.1 Å². The lowest BCUT2D eigenvalue weighted by Crippen LogP contribution is -2.16. The van der Waals surface area contributed by atoms with Crippen molar-refractivity contribution >= 4 is 23.0 Å². The molecule has 0 amide bonds. The van der Waals surface area contributed by atoms with E-state index in [1.54, 1.807) is 12.1 Å². The van der Waals surface area contributed by atoms with E-state index in [1.165, 1.54) is 6.07 Å². The molecule has 0 bridgehead atoms. The highest BCUT2D eigenvalue weighted by Gasteiger charge is 2.17. The van der Waals surface area contributed by atoms with Crippen molar-refractivity contribution in [1.82, 2.24) is 0 Å². The largest absolute Gasteiger partial charge is 0.396 e. The molecule has 0 aromatic heterocycles. The average molecular weight is 273 g/mol. The highest BCUT2D eigenvalue weighted by atomic mass is 35.5. The summed E-state index contributed by atoms with van der Waals surface area (Å²) in [5.74, 6) is 0.269. The van der Waals surface area contributed by atoms with Crippen LogP contribution in [0.5, 0.6) is 0 Å². The molecule has 2 N–H and O–H groups in total. The Morgan fingerprint density at radius 3 is 2.83 bits per heavy atom. The van der Waals surface area contributed by atoms with Gasteiger partial charge in [0.15, 0.2) is 0 Å². The van der Waals surface area contributed by atoms with E-state index in [2.05, 4.69) is 5.32 Å². The zero-order valence-corrected chi connectivity index (χ0v) is 11.0. The van der Waals surface area contributed by atoms with E-state index >= 15 is 0 Å². The summed E-state index contributed by atoms with van der Waals surface area (Å²) in [7, 11) is 0. The van der Waals surface area contributed by atoms with Gasteiger partial charge in [-0.25, -0.2) is 0 Å². The topological polar surface area (TPSA) is 75.4 Å². The van der Waals surface area contributed by atoms with Crippen molar-refractivity contribution < 1.29 is 10.0 Å². The van der Waals surface area contributed by atoms with Crippen LogP contribution in [0.3, 0.4) is 0 Å². The van der Waals surface area contributed by atoms with Crippen molar-refractivity contribution in [2.75, 3.05) is 18.5 Å². The maximum atomic E-state index is 10.9. The second kappa shape index (κ2) is 7.18. The number of para-hydroxylation sites is 1. The summed E-state index contributed by atoms with van der Waals surface area (Å²) in [5, 5.41) is 23.1. The van der Waals surface area contributed by atoms with E-state index in [-0.39, 0.29) is 18.2 Å². The molecule has 0 aliphatic heterocycles. The molecule has 0 aliphatic rings. The Bertz CT molecular complexity index is 412. The molecule has 0 spiro atoms. The van der Waals surface area contributed by atoms with Crippen LogP contribution in [0.2, 0.25) is 5.02 Å². The number of nitro benzene ring substituents is 1. The minimum Gasteiger partial charge on any atom is -0.396 e. The third kappa shape index (κ3) is 3.85. The number of benzene rings is 1. The number of hydrogen-bond acceptors (Lipinski definition) is 4. The summed E-state index contributed by atoms with van der Waals surface area (Å²) in [6.07, 6.45) is 1.56. The van der Waals surface area contributed by atoms with E-state index in [0.29, 0.717) is 23.7 Å². The summed E-state index contributed by atoms with van der Waals surface area (Å²) in [6, 6.07) is 4.59. The van der Waals surface area contributed by atoms with Crippen molar-refractivity contribution in [3.8, 4) is 0 Å². The van der Waals surface area contributed by atoms with Gasteiger partial charge in [-0.15, -0.1) is 0 Å². The van der Waals surface area contributed by atoms with Crippen LogP contribution >= 0.6 is 11.6 Å². The lowest BCUT2D eigenvalue weighted by Gasteiger charge is -2.15. The van der Waals surface area contributed by atoms with Gasteiger partial charge in [0.05, 0.1) is 9.95 Å². The van der Waals surface area contributed by atoms with Gasteiger partial charge >= 0.3 is 0 Å². The Labute approximate surface area is 111 Å². The molecule has 0 saturated carbocycles. The van der Waals surface area contributed by atoms with Crippen molar-refractivity contribution in [2.45, 2.75) is 19.8 Å². The third-order valence-corrected chi connectivity index (χ3v) is 3.19. The van der Waals surface area contributed by atoms with Gasteiger partial charge in [-0.05, 0) is 18.4 Å². The minimum atomic E-state index is -0.457. The molecule has 0 radical (unpaired) electrons. The molecular weight excluding hydrogens is 256 g/mol. The Balaban J connectivity index is 2.80. The van der Waals surface area contributed by atoms with Crippen molar-refractivity contribution in [1.29, 1.82) is 0 Å². The minimum absolute atomic E-state index is 0.0265. The monoisotopic (exact) mass is 272 g/mol. The molecule has 6 heteroatoms. The Morgan fingerprint density at radius 1 is 1.56 bits per heavy atom. The fraction of sp³-hybridized carbons (Fsp3) is 0.500. The molecule has 1 aromatic rings. The summed E-state index contributed by atoms with van der Waals surface area (Å²) in [4.78, 5) is 10.4. The summed E-state index contributed by atoms with van der Waals surface area (Å²) < 4.78 is 0. The molecule has 0 aliphatic carbocycles. The van der Waals surface area contributed by atoms with Gasteiger partial charge in [0.2, 0.25) is 0 Å². The standard InChI is InChI=1S/C12H17ClN2O3/c1-2-9(6-7-16)8-14-12-10(13)4-3-5-11(12)15(17)18/h3-5,9,14,16H,2,6-8H2,1H3. The van der Waals surface area contributed by atoms with E-state index in [0.717, 1.165) is 6.42 Å². The van der Waals surface area contributed by atoms with Crippen molar-refractivity contribution in [3.05, 3.63) is 33.3 Å². The zero-order valence-electron chi connectivity index (χ0n) is 10.2. The summed E-state index contributed by atoms with van der Waals surface area (Å²) >= 11 is 5.96. The Hall–Kier alpha value is -1.33. The summed E-state index contributed by atoms with van der Waals surface area (Å²) in [5.41, 5.74) is 0.321. The smallest absolute Gasteiger partial charge is 0.293 e. The predicted molar refractivity (Wildman–Crippen MR) is 72.1 cm³/mol. The first-order valence-electron chi connectivity index (χ1n) is 5.87. The third-order valence-electron chi connectivity index (χ3n) is 2.87. The molecule has 1 unspecified atom stereocenters. The highest BCUT2D eigenvalue weighted by Crippen LogP contribution is 2.32. The number of rotatable bonds is 7. The van der Waals surface area contributed by atoms with Gasteiger partial charge in [-0.3, -0.25) is 10.1 Å². The Kier molecular flexibility index (Phi) is 5.88. The second-order valence-corrected chi connectivity index (χ2v) is 4.47. The van der Waals surface area contributed by atoms with Crippen LogP contribution in [0.25, 0.3) is 0 Å². The first-order chi connectivity index (χ1) is 8.60. The van der Waals surface area contributed by atoms with Gasteiger partial charge in [0, 0.05) is 19.2 Å². The highest BCUT2D eigenvalue weighted by molar-refractivity contribution is 6.33. The molecule has 1 atom stereocenters. The SMILES string of the molecule is CCC(CCO)CNc1c(Cl)cccc1[N+](=O)[O-]. The van der Waals surface area contributed by atoms with Crippen molar-refractivity contribution in [2.24, 2.45) is 5.92 Å². The molecule has 0 heterocycles. The van der Waals surface area contributed by atoms with Gasteiger partial charge in [-0.1, -0.05) is 31.0 Å². The number of aliphatic hydroxyl groups excluding tert-OH is 1. The van der Waals surface area contributed by atoms with Crippen LogP contribution in [0.15, 0.2) is 18.2 Å². The second-order valence-electron chi connectivity index (χ2n) is 4.06. The number of anilines is 1. The Morgan fingerprint density at radius 2 is 2.28 bits per heavy atom. The molecule has 5 nitrogen and oxygen atoms in total. The normalized spacial score (nSPS) is 12.2. The number of hydrogen-bond donors (Lipinski definition) is 2. The van der Waals surface area contributed by atoms with E-state index in [4.69, 9.17) is 16.7 Å². The van der Waals surface area contributed by atoms with Crippen molar-refractivity contribution in [3.63, 3.8) is 0 Å². The quantitative estimate of drug-likeness (QED) is 0.591. The predicted octanol–water partition coefficient (Wildman–Crippen LogP) is 3.07. The maximum Gasteiger partial charge on any atom is 0.293 e. The van der Waals surface area contributed by atoms with Gasteiger partial charge < -0.3 is 10.4 Å². The number of aliphatic hydroxyl groups is 1. The lowest BCUT2D eigenvalue weighted by molar-refractivity contribution is -0.383. The molecule has 0 fully saturated rings. The van der Waals surface area contributed by atoms with Crippen LogP contribution in [0.4, 0.5) is 11.4 Å². The first kappa shape index (κ1) is 14.7. The van der Waals surface area contributed by atoms with E-state index in [1.807, 2.05) is 6.92 Å². The van der Waals surface area contributed by atoms with Crippen LogP contribution in [0.1, 0.15) is 19.8 Å². The van der Waals surface area contributed by atoms with Gasteiger partial charge in [0.25, 0.3) is 5.69 Å².